The van der Waals surface area contributed by atoms with Crippen LogP contribution in [0.25, 0.3) is 10.4 Å². The van der Waals surface area contributed by atoms with E-state index in [9.17, 15) is 38.4 Å². The van der Waals surface area contributed by atoms with Crippen LogP contribution in [0.3, 0.4) is 0 Å². The van der Waals surface area contributed by atoms with E-state index < -0.39 is 47.2 Å². The molecule has 3 atom stereocenters. The van der Waals surface area contributed by atoms with Gasteiger partial charge in [0.2, 0.25) is 35.4 Å². The minimum Gasteiger partial charge on any atom is -0.352 e. The molecule has 8 amide bonds. The summed E-state index contributed by atoms with van der Waals surface area (Å²) in [6.07, 6.45) is 3.16. The first-order chi connectivity index (χ1) is 28.1. The third-order valence-corrected chi connectivity index (χ3v) is 12.0. The number of unbranched alkanes of at least 4 members (excludes halogenated alkanes) is 2. The maximum Gasteiger partial charge on any atom is 0.262 e. The number of aryl methyl sites for hydroxylation is 1. The molecular weight excluding hydrogens is 775 g/mol. The van der Waals surface area contributed by atoms with E-state index in [2.05, 4.69) is 26.3 Å². The highest BCUT2D eigenvalue weighted by atomic mass is 32.1. The van der Waals surface area contributed by atoms with Crippen molar-refractivity contribution >= 4 is 58.6 Å². The largest absolute Gasteiger partial charge is 0.352 e. The van der Waals surface area contributed by atoms with E-state index in [1.165, 1.54) is 6.07 Å². The number of aromatic nitrogens is 1. The van der Waals surface area contributed by atoms with Gasteiger partial charge in [-0.1, -0.05) is 63.6 Å². The predicted octanol–water partition coefficient (Wildman–Crippen LogP) is 3.92. The van der Waals surface area contributed by atoms with Crippen LogP contribution in [0.1, 0.15) is 116 Å². The van der Waals surface area contributed by atoms with Crippen molar-refractivity contribution in [1.29, 1.82) is 0 Å². The lowest BCUT2D eigenvalue weighted by Gasteiger charge is -2.35. The van der Waals surface area contributed by atoms with Crippen LogP contribution < -0.4 is 21.3 Å². The van der Waals surface area contributed by atoms with Crippen LogP contribution in [-0.4, -0.2) is 86.7 Å². The van der Waals surface area contributed by atoms with Gasteiger partial charge >= 0.3 is 0 Å². The van der Waals surface area contributed by atoms with Gasteiger partial charge in [0.05, 0.1) is 27.2 Å². The number of thiazole rings is 1. The number of rotatable bonds is 15. The van der Waals surface area contributed by atoms with Gasteiger partial charge in [-0.2, -0.15) is 0 Å². The number of amides is 8. The van der Waals surface area contributed by atoms with E-state index in [1.807, 2.05) is 57.5 Å². The molecule has 0 spiro atoms. The van der Waals surface area contributed by atoms with Crippen LogP contribution in [0, 0.1) is 12.3 Å². The fourth-order valence-electron chi connectivity index (χ4n) is 7.77. The average molecular weight is 826 g/mol. The van der Waals surface area contributed by atoms with Crippen molar-refractivity contribution in [2.45, 2.75) is 117 Å². The Balaban J connectivity index is 0.929. The molecule has 59 heavy (non-hydrogen) atoms. The summed E-state index contributed by atoms with van der Waals surface area (Å²) < 4.78 is 0. The van der Waals surface area contributed by atoms with Gasteiger partial charge in [0.25, 0.3) is 11.8 Å². The number of nitrogens with one attached hydrogen (secondary N) is 4. The van der Waals surface area contributed by atoms with Crippen LogP contribution >= 0.6 is 11.3 Å². The Bertz CT molecular complexity index is 2140. The molecule has 3 aliphatic heterocycles. The zero-order valence-electron chi connectivity index (χ0n) is 33.9. The summed E-state index contributed by atoms with van der Waals surface area (Å²) in [4.78, 5) is 112. The molecule has 1 aromatic heterocycles. The Morgan fingerprint density at radius 3 is 2.31 bits per heavy atom. The Kier molecular flexibility index (Phi) is 13.4. The van der Waals surface area contributed by atoms with Crippen LogP contribution in [0.4, 0.5) is 0 Å². The molecule has 3 aromatic rings. The van der Waals surface area contributed by atoms with Crippen molar-refractivity contribution in [3.63, 3.8) is 0 Å². The minimum atomic E-state index is -1.08. The summed E-state index contributed by atoms with van der Waals surface area (Å²) in [5.41, 5.74) is 4.89. The summed E-state index contributed by atoms with van der Waals surface area (Å²) in [6.45, 7) is 8.35. The number of carbonyl (C=O) groups excluding carboxylic acids is 8. The molecule has 0 saturated carbocycles. The summed E-state index contributed by atoms with van der Waals surface area (Å²) >= 11 is 1.58. The number of benzene rings is 2. The third kappa shape index (κ3) is 9.92. The Labute approximate surface area is 347 Å². The molecule has 3 aliphatic rings. The normalized spacial score (nSPS) is 18.4. The summed E-state index contributed by atoms with van der Waals surface area (Å²) in [6, 6.07) is 10.2. The van der Waals surface area contributed by atoms with Crippen molar-refractivity contribution in [3.8, 4) is 10.4 Å². The predicted molar refractivity (Wildman–Crippen MR) is 218 cm³/mol. The fourth-order valence-corrected chi connectivity index (χ4v) is 8.58. The molecule has 2 aromatic carbocycles. The van der Waals surface area contributed by atoms with Crippen LogP contribution in [0.15, 0.2) is 48.0 Å². The third-order valence-electron chi connectivity index (χ3n) is 11.0. The highest BCUT2D eigenvalue weighted by molar-refractivity contribution is 7.13. The van der Waals surface area contributed by atoms with Gasteiger partial charge in [-0.25, -0.2) is 4.98 Å². The van der Waals surface area contributed by atoms with Crippen molar-refractivity contribution in [3.05, 3.63) is 75.9 Å². The molecule has 15 nitrogen and oxygen atoms in total. The first-order valence-corrected chi connectivity index (χ1v) is 21.0. The van der Waals surface area contributed by atoms with Gasteiger partial charge in [-0.05, 0) is 67.2 Å². The summed E-state index contributed by atoms with van der Waals surface area (Å²) in [5, 5.41) is 10.9. The average Bonchev–Trinajstić information content (AvgIpc) is 3.93. The molecule has 0 bridgehead atoms. The fraction of sp³-hybridized carbons (Fsp3) is 0.465. The van der Waals surface area contributed by atoms with Crippen molar-refractivity contribution in [2.24, 2.45) is 5.41 Å². The zero-order valence-corrected chi connectivity index (χ0v) is 34.7. The molecule has 2 fully saturated rings. The Hall–Kier alpha value is -5.77. The van der Waals surface area contributed by atoms with Gasteiger partial charge in [-0.15, -0.1) is 11.3 Å². The minimum absolute atomic E-state index is 0.00348. The first-order valence-electron chi connectivity index (χ1n) is 20.1. The van der Waals surface area contributed by atoms with Crippen LogP contribution in [0.2, 0.25) is 0 Å². The molecular formula is C43H51N7O8S. The molecule has 312 valence electrons. The van der Waals surface area contributed by atoms with E-state index >= 15 is 0 Å². The SMILES string of the molecule is Cc1ncsc1-c1ccc(CNC(=O)C2CCCN2C(=O)[C@@H](NC(=O)CCCCCC(=O)NCc2cccc3c2C(=O)N(C2CCC(=O)NC2=O)C3=O)C(C)(C)C)cc1. The number of fused-ring (bicyclic) bond motifs is 1. The number of hydrogen-bond donors (Lipinski definition) is 4. The highest BCUT2D eigenvalue weighted by Gasteiger charge is 2.46. The van der Waals surface area contributed by atoms with Gasteiger partial charge < -0.3 is 20.9 Å². The molecule has 2 unspecified atom stereocenters. The Morgan fingerprint density at radius 2 is 1.63 bits per heavy atom. The van der Waals surface area contributed by atoms with Gasteiger partial charge in [0.15, 0.2) is 0 Å². The second-order valence-electron chi connectivity index (χ2n) is 16.4. The summed E-state index contributed by atoms with van der Waals surface area (Å²) in [7, 11) is 0. The number of likely N-dealkylation sites (tertiary alicyclic amines) is 1. The molecule has 4 heterocycles. The van der Waals surface area contributed by atoms with E-state index in [1.54, 1.807) is 28.4 Å². The molecule has 4 N–H and O–H groups in total. The lowest BCUT2D eigenvalue weighted by Crippen LogP contribution is -2.57. The quantitative estimate of drug-likeness (QED) is 0.129. The van der Waals surface area contributed by atoms with Gasteiger partial charge in [-0.3, -0.25) is 48.6 Å². The molecule has 0 radical (unpaired) electrons. The first kappa shape index (κ1) is 42.8. The van der Waals surface area contributed by atoms with E-state index in [-0.39, 0.29) is 67.0 Å². The standard InChI is InChI=1S/C43H51N7O8S/c1-25-36(59-24-46-25)27-17-15-26(16-18-27)22-45-38(54)30-12-9-21-49(30)42(58)37(43(2,3)4)47-33(52)14-7-5-6-13-32(51)44-23-28-10-8-11-29-35(28)41(57)50(40(29)56)31-19-20-34(53)48-39(31)55/h8,10-11,15-18,24,30-31,37H,5-7,9,12-14,19-23H2,1-4H3,(H,44,51)(H,45,54)(H,47,52)(H,48,53,55)/t30?,31?,37-/m1/s1. The van der Waals surface area contributed by atoms with E-state index in [0.717, 1.165) is 26.6 Å². The topological polar surface area (TPSA) is 204 Å². The van der Waals surface area contributed by atoms with Gasteiger partial charge in [0.1, 0.15) is 18.1 Å². The monoisotopic (exact) mass is 825 g/mol. The van der Waals surface area contributed by atoms with E-state index in [4.69, 9.17) is 0 Å². The van der Waals surface area contributed by atoms with Crippen LogP contribution in [0.5, 0.6) is 0 Å². The van der Waals surface area contributed by atoms with Crippen molar-refractivity contribution in [1.82, 2.24) is 36.1 Å². The van der Waals surface area contributed by atoms with Crippen molar-refractivity contribution in [2.75, 3.05) is 6.54 Å². The second-order valence-corrected chi connectivity index (χ2v) is 17.2. The zero-order chi connectivity index (χ0) is 42.4. The Morgan fingerprint density at radius 1 is 0.898 bits per heavy atom. The number of carbonyl (C=O) groups is 8. The number of hydrogen-bond acceptors (Lipinski definition) is 10. The molecule has 0 aliphatic carbocycles. The smallest absolute Gasteiger partial charge is 0.262 e. The van der Waals surface area contributed by atoms with Crippen molar-refractivity contribution < 1.29 is 38.4 Å². The maximum absolute atomic E-state index is 13.9. The van der Waals surface area contributed by atoms with Gasteiger partial charge in [0, 0.05) is 38.9 Å². The molecule has 2 saturated heterocycles. The number of nitrogens with zero attached hydrogens (tertiary/aromatic N) is 3. The summed E-state index contributed by atoms with van der Waals surface area (Å²) in [5.74, 6) is -3.48. The molecule has 6 rings (SSSR count). The highest BCUT2D eigenvalue weighted by Crippen LogP contribution is 2.31. The second kappa shape index (κ2) is 18.4. The molecule has 16 heteroatoms. The van der Waals surface area contributed by atoms with Crippen LogP contribution in [-0.2, 0) is 41.9 Å². The lowest BCUT2D eigenvalue weighted by atomic mass is 9.85. The number of imide groups is 2. The number of piperidine rings is 1. The van der Waals surface area contributed by atoms with E-state index in [0.29, 0.717) is 50.8 Å². The lowest BCUT2D eigenvalue weighted by molar-refractivity contribution is -0.144. The maximum atomic E-state index is 13.9.